The summed E-state index contributed by atoms with van der Waals surface area (Å²) >= 11 is 0. The molecule has 0 aliphatic heterocycles. The van der Waals surface area contributed by atoms with Gasteiger partial charge in [0.1, 0.15) is 5.69 Å². The van der Waals surface area contributed by atoms with E-state index in [-0.39, 0.29) is 17.5 Å². The number of amides is 2. The number of carbonyl (C=O) groups excluding carboxylic acids is 2. The molecule has 0 aliphatic carbocycles. The second-order valence-corrected chi connectivity index (χ2v) is 5.00. The van der Waals surface area contributed by atoms with Gasteiger partial charge in [0.25, 0.3) is 5.91 Å². The maximum absolute atomic E-state index is 12.2. The lowest BCUT2D eigenvalue weighted by atomic mass is 10.1. The lowest BCUT2D eigenvalue weighted by Gasteiger charge is -2.07. The molecule has 2 aromatic rings. The van der Waals surface area contributed by atoms with Crippen molar-refractivity contribution in [2.24, 2.45) is 0 Å². The number of hydrogen-bond donors (Lipinski definition) is 2. The van der Waals surface area contributed by atoms with Crippen LogP contribution in [0.25, 0.3) is 0 Å². The highest BCUT2D eigenvalue weighted by Crippen LogP contribution is 2.13. The second kappa shape index (κ2) is 8.61. The average molecular weight is 328 g/mol. The lowest BCUT2D eigenvalue weighted by Crippen LogP contribution is -2.18. The predicted molar refractivity (Wildman–Crippen MR) is 90.0 cm³/mol. The van der Waals surface area contributed by atoms with Crippen LogP contribution in [-0.2, 0) is 11.2 Å². The molecule has 0 spiro atoms. The maximum Gasteiger partial charge on any atom is 0.275 e. The van der Waals surface area contributed by atoms with E-state index in [0.717, 1.165) is 5.56 Å². The average Bonchev–Trinajstić information content (AvgIpc) is 2.61. The van der Waals surface area contributed by atoms with Crippen LogP contribution in [0.15, 0.2) is 36.7 Å². The molecule has 24 heavy (non-hydrogen) atoms. The Morgan fingerprint density at radius 2 is 2.04 bits per heavy atom. The van der Waals surface area contributed by atoms with E-state index in [2.05, 4.69) is 20.6 Å². The van der Waals surface area contributed by atoms with Crippen molar-refractivity contribution in [2.75, 3.05) is 19.0 Å². The Balaban J connectivity index is 1.99. The predicted octanol–water partition coefficient (Wildman–Crippen LogP) is 1.81. The number of benzene rings is 1. The first kappa shape index (κ1) is 17.4. The zero-order chi connectivity index (χ0) is 17.4. The molecule has 2 N–H and O–H groups in total. The van der Waals surface area contributed by atoms with Gasteiger partial charge < -0.3 is 15.4 Å². The monoisotopic (exact) mass is 328 g/mol. The molecule has 0 aliphatic rings. The molecule has 0 saturated heterocycles. The summed E-state index contributed by atoms with van der Waals surface area (Å²) < 4.78 is 5.19. The van der Waals surface area contributed by atoms with Crippen LogP contribution in [0.1, 0.15) is 29.4 Å². The number of anilines is 1. The van der Waals surface area contributed by atoms with Crippen molar-refractivity contribution in [3.8, 4) is 5.88 Å². The Morgan fingerprint density at radius 3 is 2.71 bits per heavy atom. The van der Waals surface area contributed by atoms with Crippen molar-refractivity contribution in [3.63, 3.8) is 0 Å². The first-order chi connectivity index (χ1) is 11.6. The molecular weight excluding hydrogens is 308 g/mol. The Morgan fingerprint density at radius 1 is 1.21 bits per heavy atom. The minimum absolute atomic E-state index is 0.0194. The van der Waals surface area contributed by atoms with Gasteiger partial charge >= 0.3 is 0 Å². The van der Waals surface area contributed by atoms with Crippen LogP contribution in [-0.4, -0.2) is 35.4 Å². The normalized spacial score (nSPS) is 10.1. The minimum atomic E-state index is -0.353. The number of nitrogens with zero attached hydrogens (tertiary/aromatic N) is 2. The summed E-state index contributed by atoms with van der Waals surface area (Å²) in [4.78, 5) is 31.5. The largest absolute Gasteiger partial charge is 0.477 e. The fourth-order valence-electron chi connectivity index (χ4n) is 2.04. The summed E-state index contributed by atoms with van der Waals surface area (Å²) in [5, 5.41) is 5.35. The van der Waals surface area contributed by atoms with Crippen LogP contribution < -0.4 is 15.4 Å². The minimum Gasteiger partial charge on any atom is -0.477 e. The number of nitrogens with one attached hydrogen (secondary N) is 2. The molecule has 0 atom stereocenters. The van der Waals surface area contributed by atoms with Gasteiger partial charge in [0.05, 0.1) is 19.0 Å². The van der Waals surface area contributed by atoms with Gasteiger partial charge in [-0.15, -0.1) is 0 Å². The van der Waals surface area contributed by atoms with Crippen molar-refractivity contribution >= 4 is 17.5 Å². The zero-order valence-electron chi connectivity index (χ0n) is 13.7. The fourth-order valence-corrected chi connectivity index (χ4v) is 2.04. The van der Waals surface area contributed by atoms with E-state index in [4.69, 9.17) is 4.74 Å². The third kappa shape index (κ3) is 5.05. The van der Waals surface area contributed by atoms with E-state index in [0.29, 0.717) is 31.0 Å². The van der Waals surface area contributed by atoms with Gasteiger partial charge in [0.15, 0.2) is 0 Å². The third-order valence-electron chi connectivity index (χ3n) is 3.26. The summed E-state index contributed by atoms with van der Waals surface area (Å²) in [5.74, 6) is 0.00773. The molecule has 1 aromatic heterocycles. The Bertz CT molecular complexity index is 701. The van der Waals surface area contributed by atoms with Gasteiger partial charge in [-0.3, -0.25) is 9.59 Å². The standard InChI is InChI=1S/C17H20N4O3/c1-3-24-16-11-19-14(10-20-16)17(23)21-13-6-4-5-12(9-13)7-8-15(22)18-2/h4-6,9-11H,3,7-8H2,1-2H3,(H,18,22)(H,21,23). The summed E-state index contributed by atoms with van der Waals surface area (Å²) in [6.07, 6.45) is 3.79. The van der Waals surface area contributed by atoms with Gasteiger partial charge in [-0.25, -0.2) is 9.97 Å². The highest BCUT2D eigenvalue weighted by atomic mass is 16.5. The van der Waals surface area contributed by atoms with Crippen molar-refractivity contribution in [2.45, 2.75) is 19.8 Å². The zero-order valence-corrected chi connectivity index (χ0v) is 13.7. The number of hydrogen-bond acceptors (Lipinski definition) is 5. The number of ether oxygens (including phenoxy) is 1. The van der Waals surface area contributed by atoms with Crippen LogP contribution >= 0.6 is 0 Å². The topological polar surface area (TPSA) is 93.2 Å². The molecule has 1 aromatic carbocycles. The van der Waals surface area contributed by atoms with E-state index >= 15 is 0 Å². The number of carbonyl (C=O) groups is 2. The number of rotatable bonds is 7. The van der Waals surface area contributed by atoms with E-state index in [9.17, 15) is 9.59 Å². The summed E-state index contributed by atoms with van der Waals surface area (Å²) in [5.41, 5.74) is 1.81. The summed E-state index contributed by atoms with van der Waals surface area (Å²) in [6, 6.07) is 7.36. The summed E-state index contributed by atoms with van der Waals surface area (Å²) in [7, 11) is 1.61. The van der Waals surface area contributed by atoms with E-state index in [1.54, 1.807) is 13.1 Å². The van der Waals surface area contributed by atoms with Gasteiger partial charge in [0, 0.05) is 19.2 Å². The van der Waals surface area contributed by atoms with E-state index in [1.807, 2.05) is 25.1 Å². The van der Waals surface area contributed by atoms with Crippen LogP contribution in [0.3, 0.4) is 0 Å². The van der Waals surface area contributed by atoms with Gasteiger partial charge in [-0.2, -0.15) is 0 Å². The van der Waals surface area contributed by atoms with Crippen molar-refractivity contribution < 1.29 is 14.3 Å². The number of aryl methyl sites for hydroxylation is 1. The SMILES string of the molecule is CCOc1cnc(C(=O)Nc2cccc(CCC(=O)NC)c2)cn1. The van der Waals surface area contributed by atoms with Gasteiger partial charge in [-0.05, 0) is 31.0 Å². The first-order valence-corrected chi connectivity index (χ1v) is 7.68. The van der Waals surface area contributed by atoms with Gasteiger partial charge in [-0.1, -0.05) is 12.1 Å². The summed E-state index contributed by atoms with van der Waals surface area (Å²) in [6.45, 7) is 2.34. The molecule has 126 valence electrons. The first-order valence-electron chi connectivity index (χ1n) is 7.68. The molecular formula is C17H20N4O3. The molecule has 1 heterocycles. The Hall–Kier alpha value is -2.96. The second-order valence-electron chi connectivity index (χ2n) is 5.00. The quantitative estimate of drug-likeness (QED) is 0.808. The Labute approximate surface area is 140 Å². The maximum atomic E-state index is 12.2. The van der Waals surface area contributed by atoms with Crippen LogP contribution in [0.2, 0.25) is 0 Å². The van der Waals surface area contributed by atoms with Crippen molar-refractivity contribution in [3.05, 3.63) is 47.9 Å². The lowest BCUT2D eigenvalue weighted by molar-refractivity contribution is -0.120. The smallest absolute Gasteiger partial charge is 0.275 e. The highest BCUT2D eigenvalue weighted by molar-refractivity contribution is 6.02. The molecule has 0 radical (unpaired) electrons. The van der Waals surface area contributed by atoms with Crippen LogP contribution in [0, 0.1) is 0 Å². The molecule has 0 unspecified atom stereocenters. The molecule has 0 saturated carbocycles. The molecule has 7 heteroatoms. The Kier molecular flexibility index (Phi) is 6.24. The van der Waals surface area contributed by atoms with Crippen LogP contribution in [0.5, 0.6) is 5.88 Å². The molecule has 7 nitrogen and oxygen atoms in total. The highest BCUT2D eigenvalue weighted by Gasteiger charge is 2.09. The fraction of sp³-hybridized carbons (Fsp3) is 0.294. The third-order valence-corrected chi connectivity index (χ3v) is 3.26. The molecule has 2 rings (SSSR count). The molecule has 0 bridgehead atoms. The van der Waals surface area contributed by atoms with E-state index < -0.39 is 0 Å². The number of aromatic nitrogens is 2. The molecule has 2 amide bonds. The van der Waals surface area contributed by atoms with Crippen molar-refractivity contribution in [1.29, 1.82) is 0 Å². The van der Waals surface area contributed by atoms with E-state index in [1.165, 1.54) is 12.4 Å². The molecule has 0 fully saturated rings. The van der Waals surface area contributed by atoms with Crippen LogP contribution in [0.4, 0.5) is 5.69 Å². The van der Waals surface area contributed by atoms with Gasteiger partial charge in [0.2, 0.25) is 11.8 Å². The van der Waals surface area contributed by atoms with Crippen molar-refractivity contribution in [1.82, 2.24) is 15.3 Å².